The van der Waals surface area contributed by atoms with Gasteiger partial charge in [0.05, 0.1) is 5.75 Å². The summed E-state index contributed by atoms with van der Waals surface area (Å²) >= 11 is 0.497. The molecule has 0 aliphatic heterocycles. The number of aryl methyl sites for hydroxylation is 1. The highest BCUT2D eigenvalue weighted by atomic mass is 32.2. The van der Waals surface area contributed by atoms with Crippen LogP contribution in [0.1, 0.15) is 12.5 Å². The third-order valence-electron chi connectivity index (χ3n) is 3.39. The zero-order valence-corrected chi connectivity index (χ0v) is 15.5. The fourth-order valence-corrected chi connectivity index (χ4v) is 2.92. The Balaban J connectivity index is 2.03. The fourth-order valence-electron chi connectivity index (χ4n) is 2.12. The lowest BCUT2D eigenvalue weighted by Crippen LogP contribution is -2.22. The number of benzene rings is 2. The van der Waals surface area contributed by atoms with Crippen LogP contribution in [-0.4, -0.2) is 24.6 Å². The summed E-state index contributed by atoms with van der Waals surface area (Å²) in [5.41, 5.74) is 0.320. The largest absolute Gasteiger partial charge is 0.490 e. The van der Waals surface area contributed by atoms with Crippen molar-refractivity contribution in [3.63, 3.8) is 0 Å². The Labute approximate surface area is 160 Å². The first kappa shape index (κ1) is 22.2. The highest BCUT2D eigenvalue weighted by Crippen LogP contribution is 2.33. The average molecular weight is 428 g/mol. The molecule has 1 unspecified atom stereocenters. The molecule has 2 rings (SSSR count). The van der Waals surface area contributed by atoms with Crippen molar-refractivity contribution in [3.05, 3.63) is 53.1 Å². The molecule has 10 heteroatoms. The van der Waals surface area contributed by atoms with Crippen molar-refractivity contribution in [2.24, 2.45) is 0 Å². The van der Waals surface area contributed by atoms with E-state index in [9.17, 15) is 30.7 Å². The number of rotatable bonds is 7. The van der Waals surface area contributed by atoms with Gasteiger partial charge in [-0.15, -0.1) is 11.8 Å². The first-order valence-electron chi connectivity index (χ1n) is 7.90. The highest BCUT2D eigenvalue weighted by molar-refractivity contribution is 7.99. The van der Waals surface area contributed by atoms with Crippen molar-refractivity contribution in [2.45, 2.75) is 31.0 Å². The van der Waals surface area contributed by atoms with E-state index in [1.807, 2.05) is 0 Å². The first-order valence-corrected chi connectivity index (χ1v) is 8.88. The summed E-state index contributed by atoms with van der Waals surface area (Å²) in [7, 11) is 0. The Bertz CT molecular complexity index is 816. The summed E-state index contributed by atoms with van der Waals surface area (Å²) in [6.07, 6.45) is -5.21. The van der Waals surface area contributed by atoms with Crippen LogP contribution in [0.5, 0.6) is 11.5 Å². The van der Waals surface area contributed by atoms with E-state index < -0.39 is 41.3 Å². The van der Waals surface area contributed by atoms with Crippen molar-refractivity contribution >= 4 is 11.8 Å². The van der Waals surface area contributed by atoms with Crippen molar-refractivity contribution < 1.29 is 40.2 Å². The van der Waals surface area contributed by atoms with Gasteiger partial charge in [0.1, 0.15) is 18.5 Å². The predicted octanol–water partition coefficient (Wildman–Crippen LogP) is 6.05. The monoisotopic (exact) mass is 428 g/mol. The van der Waals surface area contributed by atoms with Gasteiger partial charge in [0.25, 0.3) is 0 Å². The molecule has 2 aromatic rings. The molecule has 0 radical (unpaired) electrons. The van der Waals surface area contributed by atoms with Gasteiger partial charge in [-0.1, -0.05) is 0 Å². The van der Waals surface area contributed by atoms with Crippen LogP contribution in [-0.2, 0) is 0 Å². The molecule has 0 saturated heterocycles. The molecule has 1 atom stereocenters. The Kier molecular flexibility index (Phi) is 7.08. The van der Waals surface area contributed by atoms with Gasteiger partial charge < -0.3 is 9.47 Å². The molecule has 154 valence electrons. The summed E-state index contributed by atoms with van der Waals surface area (Å²) in [6, 6.07) is 3.48. The maximum absolute atomic E-state index is 14.0. The van der Waals surface area contributed by atoms with Gasteiger partial charge in [-0.05, 0) is 31.5 Å². The van der Waals surface area contributed by atoms with E-state index >= 15 is 0 Å². The van der Waals surface area contributed by atoms with Gasteiger partial charge in [-0.3, -0.25) is 0 Å². The number of halogens is 7. The standard InChI is InChI=1S/C18H15F7O2S/c1-9-3-12(19)15(6-16(9)28-8-18(23,24)25)27-10(2)7-26-11-4-13(20)17(22)14(21)5-11/h3-6,10H,7-8H2,1-2H3. The number of hydrogen-bond donors (Lipinski definition) is 0. The lowest BCUT2D eigenvalue weighted by atomic mass is 10.2. The second-order valence-electron chi connectivity index (χ2n) is 5.89. The minimum atomic E-state index is -4.38. The lowest BCUT2D eigenvalue weighted by molar-refractivity contribution is -0.105. The van der Waals surface area contributed by atoms with Crippen LogP contribution in [0.15, 0.2) is 29.2 Å². The molecular weight excluding hydrogens is 413 g/mol. The Morgan fingerprint density at radius 1 is 0.964 bits per heavy atom. The first-order chi connectivity index (χ1) is 13.0. The zero-order valence-electron chi connectivity index (χ0n) is 14.7. The van der Waals surface area contributed by atoms with Gasteiger partial charge in [0, 0.05) is 17.0 Å². The van der Waals surface area contributed by atoms with E-state index in [1.54, 1.807) is 0 Å². The Morgan fingerprint density at radius 3 is 2.14 bits per heavy atom. The summed E-state index contributed by atoms with van der Waals surface area (Å²) < 4.78 is 101. The number of alkyl halides is 3. The molecule has 0 aromatic heterocycles. The van der Waals surface area contributed by atoms with E-state index in [2.05, 4.69) is 0 Å². The summed E-state index contributed by atoms with van der Waals surface area (Å²) in [5, 5.41) is 0. The van der Waals surface area contributed by atoms with Gasteiger partial charge >= 0.3 is 6.18 Å². The van der Waals surface area contributed by atoms with Crippen molar-refractivity contribution in [3.8, 4) is 11.5 Å². The third-order valence-corrected chi connectivity index (χ3v) is 4.61. The predicted molar refractivity (Wildman–Crippen MR) is 89.8 cm³/mol. The summed E-state index contributed by atoms with van der Waals surface area (Å²) in [5.74, 6) is -7.00. The van der Waals surface area contributed by atoms with Crippen LogP contribution in [0.4, 0.5) is 30.7 Å². The molecule has 2 nitrogen and oxygen atoms in total. The molecule has 0 bridgehead atoms. The quantitative estimate of drug-likeness (QED) is 0.304. The third kappa shape index (κ3) is 6.22. The SMILES string of the molecule is Cc1cc(F)c(OC(C)COc2cc(F)c(F)c(F)c2)cc1SCC(F)(F)F. The van der Waals surface area contributed by atoms with E-state index in [1.165, 1.54) is 13.8 Å². The fraction of sp³-hybridized carbons (Fsp3) is 0.333. The molecule has 0 N–H and O–H groups in total. The van der Waals surface area contributed by atoms with Crippen LogP contribution in [0.2, 0.25) is 0 Å². The van der Waals surface area contributed by atoms with Crippen LogP contribution >= 0.6 is 11.8 Å². The van der Waals surface area contributed by atoms with Gasteiger partial charge in [-0.25, -0.2) is 17.6 Å². The molecule has 0 aliphatic rings. The number of hydrogen-bond acceptors (Lipinski definition) is 3. The zero-order chi connectivity index (χ0) is 21.1. The van der Waals surface area contributed by atoms with Crippen molar-refractivity contribution in [1.29, 1.82) is 0 Å². The van der Waals surface area contributed by atoms with Gasteiger partial charge in [0.2, 0.25) is 0 Å². The Morgan fingerprint density at radius 2 is 1.57 bits per heavy atom. The molecule has 0 fully saturated rings. The second-order valence-corrected chi connectivity index (χ2v) is 6.91. The smallest absolute Gasteiger partial charge is 0.398 e. The summed E-state index contributed by atoms with van der Waals surface area (Å²) in [4.78, 5) is 0.199. The molecule has 0 amide bonds. The molecule has 0 saturated carbocycles. The number of ether oxygens (including phenoxy) is 2. The molecular formula is C18H15F7O2S. The van der Waals surface area contributed by atoms with Crippen LogP contribution in [0.25, 0.3) is 0 Å². The molecule has 0 aliphatic carbocycles. The molecule has 0 heterocycles. The van der Waals surface area contributed by atoms with E-state index in [4.69, 9.17) is 9.47 Å². The highest BCUT2D eigenvalue weighted by Gasteiger charge is 2.28. The van der Waals surface area contributed by atoms with Crippen LogP contribution in [0, 0.1) is 30.2 Å². The molecule has 0 spiro atoms. The number of thioether (sulfide) groups is 1. The van der Waals surface area contributed by atoms with E-state index in [0.717, 1.165) is 12.1 Å². The topological polar surface area (TPSA) is 18.5 Å². The van der Waals surface area contributed by atoms with E-state index in [0.29, 0.717) is 29.5 Å². The average Bonchev–Trinajstić information content (AvgIpc) is 2.58. The maximum atomic E-state index is 14.0. The van der Waals surface area contributed by atoms with Crippen molar-refractivity contribution in [2.75, 3.05) is 12.4 Å². The van der Waals surface area contributed by atoms with Crippen LogP contribution in [0.3, 0.4) is 0 Å². The normalized spacial score (nSPS) is 12.8. The summed E-state index contributed by atoms with van der Waals surface area (Å²) in [6.45, 7) is 2.65. The van der Waals surface area contributed by atoms with Crippen molar-refractivity contribution in [1.82, 2.24) is 0 Å². The van der Waals surface area contributed by atoms with Gasteiger partial charge in [0.15, 0.2) is 29.0 Å². The second kappa shape index (κ2) is 8.93. The van der Waals surface area contributed by atoms with E-state index in [-0.39, 0.29) is 23.0 Å². The molecule has 2 aromatic carbocycles. The molecule has 28 heavy (non-hydrogen) atoms. The Hall–Kier alpha value is -2.10. The minimum absolute atomic E-state index is 0.199. The van der Waals surface area contributed by atoms with Gasteiger partial charge in [-0.2, -0.15) is 13.2 Å². The van der Waals surface area contributed by atoms with Crippen LogP contribution < -0.4 is 9.47 Å². The maximum Gasteiger partial charge on any atom is 0.398 e. The lowest BCUT2D eigenvalue weighted by Gasteiger charge is -2.18. The minimum Gasteiger partial charge on any atom is -0.490 e.